The van der Waals surface area contributed by atoms with Gasteiger partial charge in [-0.15, -0.1) is 0 Å². The first-order valence-electron chi connectivity index (χ1n) is 5.42. The van der Waals surface area contributed by atoms with Crippen LogP contribution in [0.5, 0.6) is 0 Å². The van der Waals surface area contributed by atoms with Crippen molar-refractivity contribution in [1.29, 1.82) is 0 Å². The number of benzene rings is 1. The number of methoxy groups -OCH3 is 1. The van der Waals surface area contributed by atoms with Crippen LogP contribution in [0.25, 0.3) is 0 Å². The zero-order valence-corrected chi connectivity index (χ0v) is 11.4. The van der Waals surface area contributed by atoms with Gasteiger partial charge in [0.15, 0.2) is 9.84 Å². The maximum atomic E-state index is 12.0. The summed E-state index contributed by atoms with van der Waals surface area (Å²) in [4.78, 5) is 21.9. The van der Waals surface area contributed by atoms with Crippen molar-refractivity contribution in [3.05, 3.63) is 29.3 Å². The first-order chi connectivity index (χ1) is 8.79. The van der Waals surface area contributed by atoms with E-state index in [0.29, 0.717) is 0 Å². The third-order valence-electron chi connectivity index (χ3n) is 2.61. The number of carbonyl (C=O) groups excluding carboxylic acids is 1. The van der Waals surface area contributed by atoms with Crippen molar-refractivity contribution >= 4 is 21.8 Å². The molecule has 0 aliphatic carbocycles. The summed E-state index contributed by atoms with van der Waals surface area (Å²) in [5.74, 6) is -2.33. The highest BCUT2D eigenvalue weighted by molar-refractivity contribution is 7.91. The number of rotatable bonds is 5. The molecule has 0 amide bonds. The Morgan fingerprint density at radius 3 is 2.47 bits per heavy atom. The Labute approximate surface area is 110 Å². The second-order valence-electron chi connectivity index (χ2n) is 3.88. The molecule has 0 atom stereocenters. The number of hydrogen-bond donors (Lipinski definition) is 1. The van der Waals surface area contributed by atoms with Gasteiger partial charge in [0.05, 0.1) is 29.7 Å². The van der Waals surface area contributed by atoms with Gasteiger partial charge in [-0.05, 0) is 24.6 Å². The highest BCUT2D eigenvalue weighted by Gasteiger charge is 2.22. The summed E-state index contributed by atoms with van der Waals surface area (Å²) < 4.78 is 28.6. The van der Waals surface area contributed by atoms with Crippen molar-refractivity contribution in [3.63, 3.8) is 0 Å². The van der Waals surface area contributed by atoms with Gasteiger partial charge in [0, 0.05) is 0 Å². The zero-order chi connectivity index (χ0) is 14.6. The third-order valence-corrected chi connectivity index (χ3v) is 4.46. The van der Waals surface area contributed by atoms with Crippen LogP contribution < -0.4 is 0 Å². The summed E-state index contributed by atoms with van der Waals surface area (Å²) in [6.07, 6.45) is -0.482. The van der Waals surface area contributed by atoms with Crippen LogP contribution in [-0.4, -0.2) is 38.3 Å². The summed E-state index contributed by atoms with van der Waals surface area (Å²) in [5, 5.41) is 8.54. The number of carboxylic acids is 1. The van der Waals surface area contributed by atoms with Crippen molar-refractivity contribution in [2.24, 2.45) is 0 Å². The fourth-order valence-corrected chi connectivity index (χ4v) is 3.14. The Kier molecular flexibility index (Phi) is 4.66. The molecule has 0 unspecified atom stereocenters. The van der Waals surface area contributed by atoms with E-state index in [4.69, 9.17) is 5.11 Å². The number of carbonyl (C=O) groups is 2. The molecule has 0 saturated heterocycles. The SMILES string of the molecule is COC(=O)c1cccc(S(=O)(=O)CCC(=O)O)c1C. The van der Waals surface area contributed by atoms with Gasteiger partial charge in [-0.25, -0.2) is 13.2 Å². The van der Waals surface area contributed by atoms with Crippen LogP contribution in [0.3, 0.4) is 0 Å². The van der Waals surface area contributed by atoms with Crippen LogP contribution >= 0.6 is 0 Å². The van der Waals surface area contributed by atoms with Crippen LogP contribution in [0.15, 0.2) is 23.1 Å². The molecule has 0 heterocycles. The predicted molar refractivity (Wildman–Crippen MR) is 66.8 cm³/mol. The molecular weight excluding hydrogens is 272 g/mol. The third kappa shape index (κ3) is 3.54. The topological polar surface area (TPSA) is 97.7 Å². The van der Waals surface area contributed by atoms with Crippen LogP contribution in [0.4, 0.5) is 0 Å². The quantitative estimate of drug-likeness (QED) is 0.812. The van der Waals surface area contributed by atoms with Gasteiger partial charge in [-0.3, -0.25) is 4.79 Å². The molecule has 7 heteroatoms. The maximum Gasteiger partial charge on any atom is 0.338 e. The second-order valence-corrected chi connectivity index (χ2v) is 5.96. The fraction of sp³-hybridized carbons (Fsp3) is 0.333. The van der Waals surface area contributed by atoms with Gasteiger partial charge in [-0.2, -0.15) is 0 Å². The smallest absolute Gasteiger partial charge is 0.338 e. The van der Waals surface area contributed by atoms with E-state index in [-0.39, 0.29) is 16.0 Å². The molecule has 104 valence electrons. The van der Waals surface area contributed by atoms with Gasteiger partial charge in [0.25, 0.3) is 0 Å². The molecule has 0 bridgehead atoms. The lowest BCUT2D eigenvalue weighted by Gasteiger charge is -2.10. The molecule has 1 N–H and O–H groups in total. The van der Waals surface area contributed by atoms with E-state index in [9.17, 15) is 18.0 Å². The molecule has 1 aromatic carbocycles. The van der Waals surface area contributed by atoms with Gasteiger partial charge in [0.1, 0.15) is 0 Å². The lowest BCUT2D eigenvalue weighted by molar-refractivity contribution is -0.136. The average Bonchev–Trinajstić information content (AvgIpc) is 2.35. The fourth-order valence-electron chi connectivity index (χ4n) is 1.61. The van der Waals surface area contributed by atoms with E-state index in [1.807, 2.05) is 0 Å². The maximum absolute atomic E-state index is 12.0. The van der Waals surface area contributed by atoms with Gasteiger partial charge >= 0.3 is 11.9 Å². The molecule has 1 aromatic rings. The van der Waals surface area contributed by atoms with E-state index < -0.39 is 33.9 Å². The van der Waals surface area contributed by atoms with Crippen molar-refractivity contribution in [2.75, 3.05) is 12.9 Å². The Morgan fingerprint density at radius 1 is 1.32 bits per heavy atom. The van der Waals surface area contributed by atoms with Crippen LogP contribution in [0.2, 0.25) is 0 Å². The van der Waals surface area contributed by atoms with E-state index in [1.165, 1.54) is 32.2 Å². The number of sulfone groups is 1. The predicted octanol–water partition coefficient (Wildman–Crippen LogP) is 1.03. The summed E-state index contributed by atoms with van der Waals surface area (Å²) in [6.45, 7) is 1.49. The van der Waals surface area contributed by atoms with Crippen LogP contribution in [0.1, 0.15) is 22.3 Å². The minimum atomic E-state index is -3.74. The molecule has 1 rings (SSSR count). The van der Waals surface area contributed by atoms with Crippen molar-refractivity contribution in [1.82, 2.24) is 0 Å². The van der Waals surface area contributed by atoms with Crippen molar-refractivity contribution in [3.8, 4) is 0 Å². The first kappa shape index (κ1) is 15.2. The first-order valence-corrected chi connectivity index (χ1v) is 7.07. The minimum Gasteiger partial charge on any atom is -0.481 e. The number of carboxylic acid groups (broad SMARTS) is 1. The lowest BCUT2D eigenvalue weighted by Crippen LogP contribution is -2.14. The standard InChI is InChI=1S/C12H14O6S/c1-8-9(12(15)18-2)4-3-5-10(8)19(16,17)7-6-11(13)14/h3-5H,6-7H2,1-2H3,(H,13,14). The van der Waals surface area contributed by atoms with Gasteiger partial charge < -0.3 is 9.84 Å². The summed E-state index contributed by atoms with van der Waals surface area (Å²) in [5.41, 5.74) is 0.415. The Hall–Kier alpha value is -1.89. The summed E-state index contributed by atoms with van der Waals surface area (Å²) >= 11 is 0. The van der Waals surface area contributed by atoms with Crippen molar-refractivity contribution in [2.45, 2.75) is 18.2 Å². The summed E-state index contributed by atoms with van der Waals surface area (Å²) in [6, 6.07) is 4.23. The van der Waals surface area contributed by atoms with Crippen LogP contribution in [0, 0.1) is 6.92 Å². The monoisotopic (exact) mass is 286 g/mol. The molecule has 0 aliphatic heterocycles. The minimum absolute atomic E-state index is 0.0448. The van der Waals surface area contributed by atoms with E-state index in [0.717, 1.165) is 0 Å². The number of hydrogen-bond acceptors (Lipinski definition) is 5. The molecule has 0 aliphatic rings. The number of esters is 1. The molecule has 0 spiro atoms. The number of aliphatic carboxylic acids is 1. The highest BCUT2D eigenvalue weighted by atomic mass is 32.2. The molecule has 19 heavy (non-hydrogen) atoms. The zero-order valence-electron chi connectivity index (χ0n) is 10.5. The van der Waals surface area contributed by atoms with E-state index >= 15 is 0 Å². The van der Waals surface area contributed by atoms with Gasteiger partial charge in [0.2, 0.25) is 0 Å². The highest BCUT2D eigenvalue weighted by Crippen LogP contribution is 2.21. The molecule has 0 aromatic heterocycles. The van der Waals surface area contributed by atoms with E-state index in [1.54, 1.807) is 0 Å². The average molecular weight is 286 g/mol. The Morgan fingerprint density at radius 2 is 1.95 bits per heavy atom. The molecule has 0 radical (unpaired) electrons. The normalized spacial score (nSPS) is 11.1. The largest absolute Gasteiger partial charge is 0.481 e. The lowest BCUT2D eigenvalue weighted by atomic mass is 10.1. The molecule has 0 fully saturated rings. The molecule has 6 nitrogen and oxygen atoms in total. The van der Waals surface area contributed by atoms with Crippen LogP contribution in [-0.2, 0) is 19.4 Å². The Bertz CT molecular complexity index is 603. The van der Waals surface area contributed by atoms with Crippen molar-refractivity contribution < 1.29 is 27.9 Å². The Balaban J connectivity index is 3.21. The number of ether oxygens (including phenoxy) is 1. The summed E-state index contributed by atoms with van der Waals surface area (Å²) in [7, 11) is -2.54. The molecular formula is C12H14O6S. The molecule has 0 saturated carbocycles. The second kappa shape index (κ2) is 5.83. The van der Waals surface area contributed by atoms with Gasteiger partial charge in [-0.1, -0.05) is 6.07 Å². The van der Waals surface area contributed by atoms with E-state index in [2.05, 4.69) is 4.74 Å².